The number of pyridine rings is 1. The molecule has 0 radical (unpaired) electrons. The van der Waals surface area contributed by atoms with Gasteiger partial charge in [-0.3, -0.25) is 14.3 Å². The first-order chi connectivity index (χ1) is 14.5. The van der Waals surface area contributed by atoms with Crippen molar-refractivity contribution in [3.8, 4) is 11.4 Å². The Morgan fingerprint density at radius 1 is 1.20 bits per heavy atom. The summed E-state index contributed by atoms with van der Waals surface area (Å²) >= 11 is 0. The van der Waals surface area contributed by atoms with E-state index in [1.165, 1.54) is 6.20 Å². The molecule has 0 unspecified atom stereocenters. The number of amides is 2. The Kier molecular flexibility index (Phi) is 4.20. The van der Waals surface area contributed by atoms with Crippen molar-refractivity contribution in [2.45, 2.75) is 19.3 Å². The number of hydrogen-bond donors (Lipinski definition) is 2. The molecule has 3 aromatic rings. The van der Waals surface area contributed by atoms with Crippen LogP contribution in [0.2, 0.25) is 0 Å². The lowest BCUT2D eigenvalue weighted by Gasteiger charge is -2.11. The van der Waals surface area contributed by atoms with Gasteiger partial charge in [0.2, 0.25) is 5.91 Å². The number of benzene rings is 1. The molecule has 0 saturated heterocycles. The highest BCUT2D eigenvalue weighted by atomic mass is 16.2. The molecule has 2 heterocycles. The first kappa shape index (κ1) is 18.2. The molecule has 0 spiro atoms. The molecule has 30 heavy (non-hydrogen) atoms. The fourth-order valence-corrected chi connectivity index (χ4v) is 3.71. The molecule has 1 saturated carbocycles. The van der Waals surface area contributed by atoms with Gasteiger partial charge in [-0.05, 0) is 41.7 Å². The van der Waals surface area contributed by atoms with Crippen molar-refractivity contribution in [2.24, 2.45) is 18.7 Å². The minimum Gasteiger partial charge on any atom is -0.366 e. The van der Waals surface area contributed by atoms with Crippen molar-refractivity contribution < 1.29 is 9.59 Å². The quantitative estimate of drug-likeness (QED) is 0.682. The number of aryl methyl sites for hydroxylation is 1. The van der Waals surface area contributed by atoms with Gasteiger partial charge in [-0.2, -0.15) is 5.10 Å². The summed E-state index contributed by atoms with van der Waals surface area (Å²) in [5, 5.41) is 7.29. The largest absolute Gasteiger partial charge is 0.366 e. The van der Waals surface area contributed by atoms with Crippen LogP contribution in [0, 0.1) is 5.92 Å². The Hall–Kier alpha value is -3.81. The number of carbonyl (C=O) groups is 2. The summed E-state index contributed by atoms with van der Waals surface area (Å²) in [5.74, 6) is 0.652. The minimum atomic E-state index is -0.539. The van der Waals surface area contributed by atoms with Crippen molar-refractivity contribution in [3.63, 3.8) is 0 Å². The first-order valence-corrected chi connectivity index (χ1v) is 9.79. The van der Waals surface area contributed by atoms with Crippen LogP contribution in [0.15, 0.2) is 36.8 Å². The van der Waals surface area contributed by atoms with Gasteiger partial charge in [-0.25, -0.2) is 9.97 Å². The Bertz CT molecular complexity index is 1220. The summed E-state index contributed by atoms with van der Waals surface area (Å²) < 4.78 is 1.66. The molecule has 0 bridgehead atoms. The summed E-state index contributed by atoms with van der Waals surface area (Å²) in [6, 6.07) is 7.93. The summed E-state index contributed by atoms with van der Waals surface area (Å²) in [6.45, 7) is 0. The van der Waals surface area contributed by atoms with Crippen molar-refractivity contribution in [3.05, 3.63) is 59.0 Å². The highest BCUT2D eigenvalue weighted by Crippen LogP contribution is 2.38. The second-order valence-corrected chi connectivity index (χ2v) is 7.71. The lowest BCUT2D eigenvalue weighted by Crippen LogP contribution is -2.18. The smallest absolute Gasteiger partial charge is 0.250 e. The second kappa shape index (κ2) is 6.91. The SMILES string of the molecule is Cn1cnc(-c2cccc(C3=Cc4c(C(N)=O)cnc(NC(=O)C5CC5)c4C3)c2)n1. The maximum atomic E-state index is 12.3. The van der Waals surface area contributed by atoms with Crippen molar-refractivity contribution >= 4 is 29.3 Å². The summed E-state index contributed by atoms with van der Waals surface area (Å²) in [4.78, 5) is 32.9. The normalized spacial score (nSPS) is 14.9. The Morgan fingerprint density at radius 3 is 2.70 bits per heavy atom. The van der Waals surface area contributed by atoms with Crippen LogP contribution in [0.5, 0.6) is 0 Å². The highest BCUT2D eigenvalue weighted by Gasteiger charge is 2.31. The Labute approximate surface area is 172 Å². The Morgan fingerprint density at radius 2 is 2.00 bits per heavy atom. The van der Waals surface area contributed by atoms with Crippen LogP contribution in [-0.2, 0) is 18.3 Å². The number of anilines is 1. The molecule has 2 aliphatic carbocycles. The van der Waals surface area contributed by atoms with Gasteiger partial charge in [0, 0.05) is 36.7 Å². The topological polar surface area (TPSA) is 116 Å². The van der Waals surface area contributed by atoms with Gasteiger partial charge in [-0.15, -0.1) is 0 Å². The predicted octanol–water partition coefficient (Wildman–Crippen LogP) is 2.42. The molecule has 5 rings (SSSR count). The number of allylic oxidation sites excluding steroid dienone is 1. The molecule has 2 aromatic heterocycles. The van der Waals surface area contributed by atoms with Crippen molar-refractivity contribution in [1.29, 1.82) is 0 Å². The number of carbonyl (C=O) groups excluding carboxylic acids is 2. The van der Waals surface area contributed by atoms with Gasteiger partial charge < -0.3 is 11.1 Å². The summed E-state index contributed by atoms with van der Waals surface area (Å²) in [5.41, 5.74) is 10.4. The maximum Gasteiger partial charge on any atom is 0.250 e. The van der Waals surface area contributed by atoms with Crippen LogP contribution in [0.4, 0.5) is 5.82 Å². The van der Waals surface area contributed by atoms with Crippen LogP contribution in [-0.4, -0.2) is 31.6 Å². The lowest BCUT2D eigenvalue weighted by molar-refractivity contribution is -0.117. The summed E-state index contributed by atoms with van der Waals surface area (Å²) in [6.07, 6.45) is 7.41. The molecular formula is C22H20N6O2. The van der Waals surface area contributed by atoms with Gasteiger partial charge in [0.1, 0.15) is 12.1 Å². The molecule has 1 aromatic carbocycles. The van der Waals surface area contributed by atoms with Crippen LogP contribution in [0.25, 0.3) is 23.0 Å². The van der Waals surface area contributed by atoms with E-state index in [1.807, 2.05) is 37.4 Å². The van der Waals surface area contributed by atoms with Crippen LogP contribution < -0.4 is 11.1 Å². The maximum absolute atomic E-state index is 12.3. The van der Waals surface area contributed by atoms with E-state index in [9.17, 15) is 9.59 Å². The number of rotatable bonds is 5. The lowest BCUT2D eigenvalue weighted by atomic mass is 10.0. The van der Waals surface area contributed by atoms with Gasteiger partial charge in [-0.1, -0.05) is 18.2 Å². The predicted molar refractivity (Wildman–Crippen MR) is 112 cm³/mol. The summed E-state index contributed by atoms with van der Waals surface area (Å²) in [7, 11) is 1.83. The second-order valence-electron chi connectivity index (χ2n) is 7.71. The zero-order valence-electron chi connectivity index (χ0n) is 16.4. The minimum absolute atomic E-state index is 0.0202. The molecule has 2 aliphatic rings. The van der Waals surface area contributed by atoms with Gasteiger partial charge in [0.15, 0.2) is 5.82 Å². The zero-order valence-corrected chi connectivity index (χ0v) is 16.4. The van der Waals surface area contributed by atoms with Crippen LogP contribution in [0.3, 0.4) is 0 Å². The van der Waals surface area contributed by atoms with Gasteiger partial charge in [0.25, 0.3) is 5.91 Å². The first-order valence-electron chi connectivity index (χ1n) is 9.79. The van der Waals surface area contributed by atoms with E-state index in [0.29, 0.717) is 23.6 Å². The third kappa shape index (κ3) is 3.26. The fourth-order valence-electron chi connectivity index (χ4n) is 3.71. The monoisotopic (exact) mass is 400 g/mol. The molecule has 3 N–H and O–H groups in total. The number of fused-ring (bicyclic) bond motifs is 1. The number of nitrogens with zero attached hydrogens (tertiary/aromatic N) is 4. The van der Waals surface area contributed by atoms with E-state index in [2.05, 4.69) is 20.4 Å². The van der Waals surface area contributed by atoms with E-state index in [1.54, 1.807) is 11.0 Å². The average molecular weight is 400 g/mol. The van der Waals surface area contributed by atoms with Crippen molar-refractivity contribution in [2.75, 3.05) is 5.32 Å². The third-order valence-corrected chi connectivity index (χ3v) is 5.46. The van der Waals surface area contributed by atoms with E-state index in [-0.39, 0.29) is 11.8 Å². The zero-order chi connectivity index (χ0) is 20.8. The number of nitrogens with two attached hydrogens (primary N) is 1. The Balaban J connectivity index is 1.51. The van der Waals surface area contributed by atoms with Crippen LogP contribution >= 0.6 is 0 Å². The van der Waals surface area contributed by atoms with Crippen molar-refractivity contribution in [1.82, 2.24) is 19.7 Å². The number of hydrogen-bond acceptors (Lipinski definition) is 5. The molecule has 1 fully saturated rings. The molecule has 2 amide bonds. The third-order valence-electron chi connectivity index (χ3n) is 5.46. The molecule has 8 heteroatoms. The standard InChI is InChI=1S/C22H20N6O2/c1-28-11-25-20(27-28)14-4-2-3-13(7-14)15-8-16-17(9-15)21(24-10-18(16)19(23)29)26-22(30)12-5-6-12/h2-4,7-8,10-12H,5-6,9H2,1H3,(H2,23,29)(H,24,26,30). The average Bonchev–Trinajstić information content (AvgIpc) is 3.34. The molecule has 0 aliphatic heterocycles. The molecule has 150 valence electrons. The van der Waals surface area contributed by atoms with Gasteiger partial charge in [0.05, 0.1) is 5.56 Å². The number of aromatic nitrogens is 4. The fraction of sp³-hybridized carbons (Fsp3) is 0.227. The van der Waals surface area contributed by atoms with Gasteiger partial charge >= 0.3 is 0 Å². The molecule has 0 atom stereocenters. The van der Waals surface area contributed by atoms with E-state index >= 15 is 0 Å². The van der Waals surface area contributed by atoms with E-state index < -0.39 is 5.91 Å². The number of primary amides is 1. The van der Waals surface area contributed by atoms with E-state index in [4.69, 9.17) is 5.73 Å². The van der Waals surface area contributed by atoms with Crippen LogP contribution in [0.1, 0.15) is 39.9 Å². The molecule has 8 nitrogen and oxygen atoms in total. The number of nitrogens with one attached hydrogen (secondary N) is 1. The molecular weight excluding hydrogens is 380 g/mol. The van der Waals surface area contributed by atoms with E-state index in [0.717, 1.165) is 40.7 Å². The highest BCUT2D eigenvalue weighted by molar-refractivity contribution is 6.04.